The molecule has 2 aromatic heterocycles. The molecule has 0 spiro atoms. The molecule has 0 radical (unpaired) electrons. The summed E-state index contributed by atoms with van der Waals surface area (Å²) in [5, 5.41) is 12.6. The van der Waals surface area contributed by atoms with Crippen LogP contribution in [0.3, 0.4) is 0 Å². The number of sulfonamides is 1. The molecule has 34 heavy (non-hydrogen) atoms. The van der Waals surface area contributed by atoms with E-state index in [1.807, 2.05) is 19.9 Å². The van der Waals surface area contributed by atoms with E-state index in [9.17, 15) is 8.42 Å². The molecule has 0 saturated carbocycles. The zero-order valence-corrected chi connectivity index (χ0v) is 19.8. The number of benzene rings is 2. The summed E-state index contributed by atoms with van der Waals surface area (Å²) in [6.45, 7) is 3.85. The Morgan fingerprint density at radius 1 is 0.853 bits per heavy atom. The molecule has 1 N–H and O–H groups in total. The fraction of sp³-hybridized carbons (Fsp3) is 0.174. The molecule has 0 fully saturated rings. The van der Waals surface area contributed by atoms with E-state index in [-0.39, 0.29) is 10.6 Å². The van der Waals surface area contributed by atoms with Gasteiger partial charge in [-0.05, 0) is 62.4 Å². The quantitative estimate of drug-likeness (QED) is 0.403. The third-order valence-corrected chi connectivity index (χ3v) is 6.26. The van der Waals surface area contributed by atoms with Crippen molar-refractivity contribution >= 4 is 15.7 Å². The van der Waals surface area contributed by atoms with Gasteiger partial charge in [-0.1, -0.05) is 0 Å². The van der Waals surface area contributed by atoms with Gasteiger partial charge in [0, 0.05) is 23.5 Å². The monoisotopic (exact) mass is 481 g/mol. The Morgan fingerprint density at radius 3 is 2.18 bits per heavy atom. The summed E-state index contributed by atoms with van der Waals surface area (Å²) in [5.74, 6) is 2.01. The fourth-order valence-corrected chi connectivity index (χ4v) is 4.47. The molecule has 4 rings (SSSR count). The molecule has 0 amide bonds. The van der Waals surface area contributed by atoms with Crippen molar-refractivity contribution in [2.75, 3.05) is 18.9 Å². The summed E-state index contributed by atoms with van der Waals surface area (Å²) >= 11 is 0. The summed E-state index contributed by atoms with van der Waals surface area (Å²) in [4.78, 5) is -0.00546. The maximum Gasteiger partial charge on any atom is 0.265 e. The van der Waals surface area contributed by atoms with Crippen molar-refractivity contribution in [3.05, 3.63) is 72.1 Å². The van der Waals surface area contributed by atoms with Gasteiger partial charge in [0.2, 0.25) is 5.88 Å². The van der Waals surface area contributed by atoms with E-state index in [4.69, 9.17) is 14.2 Å². The van der Waals surface area contributed by atoms with Crippen LogP contribution in [0, 0.1) is 13.8 Å². The summed E-state index contributed by atoms with van der Waals surface area (Å²) in [6.07, 6.45) is 0. The highest BCUT2D eigenvalue weighted by atomic mass is 32.2. The molecular weight excluding hydrogens is 458 g/mol. The molecule has 2 aromatic carbocycles. The first-order chi connectivity index (χ1) is 16.3. The van der Waals surface area contributed by atoms with Crippen LogP contribution in [0.2, 0.25) is 0 Å². The minimum atomic E-state index is -3.89. The zero-order chi connectivity index (χ0) is 24.3. The number of hydrogen-bond donors (Lipinski definition) is 1. The number of rotatable bonds is 8. The van der Waals surface area contributed by atoms with Crippen LogP contribution in [-0.4, -0.2) is 42.6 Å². The first-order valence-electron chi connectivity index (χ1n) is 10.2. The van der Waals surface area contributed by atoms with Crippen molar-refractivity contribution in [1.82, 2.24) is 20.0 Å². The number of anilines is 1. The second kappa shape index (κ2) is 9.40. The predicted molar refractivity (Wildman–Crippen MR) is 125 cm³/mol. The molecular formula is C23H23N5O5S. The van der Waals surface area contributed by atoms with Gasteiger partial charge in [0.05, 0.1) is 19.9 Å². The Hall–Kier alpha value is -4.12. The Kier molecular flexibility index (Phi) is 6.37. The lowest BCUT2D eigenvalue weighted by Gasteiger charge is -2.13. The molecule has 10 nitrogen and oxygen atoms in total. The van der Waals surface area contributed by atoms with Gasteiger partial charge in [-0.2, -0.15) is 5.10 Å². The smallest absolute Gasteiger partial charge is 0.265 e. The molecule has 2 heterocycles. The minimum absolute atomic E-state index is 0.00546. The molecule has 0 aliphatic rings. The van der Waals surface area contributed by atoms with E-state index >= 15 is 0 Å². The number of hydrogen-bond acceptors (Lipinski definition) is 8. The van der Waals surface area contributed by atoms with Crippen molar-refractivity contribution in [3.63, 3.8) is 0 Å². The summed E-state index contributed by atoms with van der Waals surface area (Å²) in [7, 11) is -1.00. The van der Waals surface area contributed by atoms with E-state index in [1.54, 1.807) is 47.1 Å². The fourth-order valence-electron chi connectivity index (χ4n) is 3.26. The van der Waals surface area contributed by atoms with E-state index in [2.05, 4.69) is 20.0 Å². The molecule has 0 bridgehead atoms. The average molecular weight is 482 g/mol. The molecule has 0 unspecified atom stereocenters. The highest BCUT2D eigenvalue weighted by molar-refractivity contribution is 7.92. The average Bonchev–Trinajstić information content (AvgIpc) is 3.17. The van der Waals surface area contributed by atoms with Crippen molar-refractivity contribution in [2.45, 2.75) is 18.7 Å². The van der Waals surface area contributed by atoms with Crippen LogP contribution in [0.25, 0.3) is 5.82 Å². The van der Waals surface area contributed by atoms with E-state index in [0.29, 0.717) is 28.9 Å². The number of nitrogens with one attached hydrogen (secondary N) is 1. The molecule has 0 aliphatic heterocycles. The largest absolute Gasteiger partial charge is 0.497 e. The van der Waals surface area contributed by atoms with Gasteiger partial charge in [0.25, 0.3) is 10.0 Å². The molecule has 176 valence electrons. The maximum atomic E-state index is 12.8. The Labute approximate surface area is 197 Å². The number of methoxy groups -OCH3 is 2. The van der Waals surface area contributed by atoms with Gasteiger partial charge in [-0.3, -0.25) is 4.72 Å². The highest BCUT2D eigenvalue weighted by Crippen LogP contribution is 2.30. The molecule has 0 aliphatic carbocycles. The van der Waals surface area contributed by atoms with Crippen molar-refractivity contribution in [1.29, 1.82) is 0 Å². The van der Waals surface area contributed by atoms with Gasteiger partial charge in [0.15, 0.2) is 5.82 Å². The molecule has 11 heteroatoms. The number of aromatic nitrogens is 4. The third kappa shape index (κ3) is 4.94. The molecule has 4 aromatic rings. The summed E-state index contributed by atoms with van der Waals surface area (Å²) in [5.41, 5.74) is 2.20. The Morgan fingerprint density at radius 2 is 1.59 bits per heavy atom. The number of nitrogens with zero attached hydrogens (tertiary/aromatic N) is 4. The van der Waals surface area contributed by atoms with Crippen LogP contribution in [0.15, 0.2) is 65.6 Å². The van der Waals surface area contributed by atoms with Crippen LogP contribution in [0.4, 0.5) is 5.69 Å². The van der Waals surface area contributed by atoms with E-state index in [0.717, 1.165) is 11.4 Å². The summed E-state index contributed by atoms with van der Waals surface area (Å²) in [6, 6.07) is 16.3. The second-order valence-electron chi connectivity index (χ2n) is 7.32. The third-order valence-electron chi connectivity index (χ3n) is 4.84. The molecule has 0 atom stereocenters. The second-order valence-corrected chi connectivity index (χ2v) is 8.97. The Bertz CT molecular complexity index is 1400. The predicted octanol–water partition coefficient (Wildman–Crippen LogP) is 3.89. The Balaban J connectivity index is 1.46. The van der Waals surface area contributed by atoms with E-state index in [1.165, 1.54) is 26.4 Å². The lowest BCUT2D eigenvalue weighted by molar-refractivity contribution is 0.386. The minimum Gasteiger partial charge on any atom is -0.497 e. The molecule has 0 saturated heterocycles. The normalized spacial score (nSPS) is 11.2. The van der Waals surface area contributed by atoms with Crippen molar-refractivity contribution in [2.24, 2.45) is 0 Å². The van der Waals surface area contributed by atoms with Gasteiger partial charge in [-0.25, -0.2) is 13.1 Å². The van der Waals surface area contributed by atoms with Gasteiger partial charge in [-0.15, -0.1) is 10.2 Å². The van der Waals surface area contributed by atoms with Crippen molar-refractivity contribution in [3.8, 4) is 28.9 Å². The summed E-state index contributed by atoms with van der Waals surface area (Å²) < 4.78 is 46.0. The zero-order valence-electron chi connectivity index (χ0n) is 19.0. The van der Waals surface area contributed by atoms with Crippen LogP contribution in [0.1, 0.15) is 11.4 Å². The maximum absolute atomic E-state index is 12.8. The van der Waals surface area contributed by atoms with Crippen LogP contribution < -0.4 is 18.9 Å². The number of ether oxygens (including phenoxy) is 3. The lowest BCUT2D eigenvalue weighted by atomic mass is 10.3. The first-order valence-corrected chi connectivity index (χ1v) is 11.7. The van der Waals surface area contributed by atoms with Gasteiger partial charge in [0.1, 0.15) is 22.1 Å². The van der Waals surface area contributed by atoms with Gasteiger partial charge >= 0.3 is 0 Å². The lowest BCUT2D eigenvalue weighted by Crippen LogP contribution is -2.14. The SMILES string of the molecule is COc1ccc(S(=O)(=O)Nc2ccc(Oc3ccc(-n4nc(C)cc4C)nn3)cc2)c(OC)c1. The van der Waals surface area contributed by atoms with Crippen LogP contribution in [-0.2, 0) is 10.0 Å². The van der Waals surface area contributed by atoms with Crippen LogP contribution in [0.5, 0.6) is 23.1 Å². The topological polar surface area (TPSA) is 117 Å². The van der Waals surface area contributed by atoms with Crippen LogP contribution >= 0.6 is 0 Å². The van der Waals surface area contributed by atoms with Gasteiger partial charge < -0.3 is 14.2 Å². The van der Waals surface area contributed by atoms with E-state index < -0.39 is 10.0 Å². The highest BCUT2D eigenvalue weighted by Gasteiger charge is 2.20. The first kappa shape index (κ1) is 23.1. The standard InChI is InChI=1S/C23H23N5O5S/c1-15-13-16(2)28(26-15)22-11-12-23(25-24-22)33-18-7-5-17(6-8-18)27-34(29,30)21-10-9-19(31-3)14-20(21)32-4/h5-14,27H,1-4H3. The number of aryl methyl sites for hydroxylation is 2. The van der Waals surface area contributed by atoms with Crippen molar-refractivity contribution < 1.29 is 22.6 Å².